The molecule has 0 aliphatic carbocycles. The molecule has 0 aliphatic heterocycles. The zero-order chi connectivity index (χ0) is 16.7. The van der Waals surface area contributed by atoms with Crippen molar-refractivity contribution < 1.29 is 9.53 Å². The Labute approximate surface area is 142 Å². The summed E-state index contributed by atoms with van der Waals surface area (Å²) in [5.41, 5.74) is 3.75. The summed E-state index contributed by atoms with van der Waals surface area (Å²) in [5, 5.41) is 3.64. The molecule has 3 nitrogen and oxygen atoms in total. The summed E-state index contributed by atoms with van der Waals surface area (Å²) in [6.45, 7) is 3.26. The summed E-state index contributed by atoms with van der Waals surface area (Å²) < 4.78 is 5.29. The number of unbranched alkanes of at least 4 members (excludes halogenated alkanes) is 1. The molecule has 0 aromatic heterocycles. The Hall–Kier alpha value is -1.84. The van der Waals surface area contributed by atoms with E-state index in [9.17, 15) is 4.79 Å². The van der Waals surface area contributed by atoms with Crippen LogP contribution in [0.1, 0.15) is 35.7 Å². The number of carbonyl (C=O) groups is 1. The fraction of sp³-hybridized carbons (Fsp3) is 0.316. The Bertz CT molecular complexity index is 653. The van der Waals surface area contributed by atoms with Crippen molar-refractivity contribution >= 4 is 17.5 Å². The van der Waals surface area contributed by atoms with Crippen molar-refractivity contribution in [3.63, 3.8) is 0 Å². The Morgan fingerprint density at radius 1 is 1.17 bits per heavy atom. The van der Waals surface area contributed by atoms with Crippen LogP contribution < -0.4 is 5.32 Å². The van der Waals surface area contributed by atoms with Gasteiger partial charge in [0.05, 0.1) is 6.61 Å². The van der Waals surface area contributed by atoms with E-state index in [1.807, 2.05) is 42.5 Å². The van der Waals surface area contributed by atoms with Gasteiger partial charge in [-0.05, 0) is 47.4 Å². The van der Waals surface area contributed by atoms with E-state index < -0.39 is 0 Å². The maximum absolute atomic E-state index is 12.2. The highest BCUT2D eigenvalue weighted by Gasteiger charge is 2.11. The molecular weight excluding hydrogens is 310 g/mol. The smallest absolute Gasteiger partial charge is 0.251 e. The second-order valence-electron chi connectivity index (χ2n) is 5.42. The lowest BCUT2D eigenvalue weighted by atomic mass is 9.97. The molecule has 0 radical (unpaired) electrons. The summed E-state index contributed by atoms with van der Waals surface area (Å²) in [6, 6.07) is 13.4. The summed E-state index contributed by atoms with van der Waals surface area (Å²) >= 11 is 5.95. The second-order valence-corrected chi connectivity index (χ2v) is 5.86. The minimum absolute atomic E-state index is 0.0431. The van der Waals surface area contributed by atoms with Crippen LogP contribution in [0.2, 0.25) is 5.02 Å². The van der Waals surface area contributed by atoms with E-state index in [1.54, 1.807) is 7.11 Å². The molecule has 4 heteroatoms. The zero-order valence-corrected chi connectivity index (χ0v) is 14.3. The number of ether oxygens (including phenoxy) is 1. The number of rotatable bonds is 7. The Kier molecular flexibility index (Phi) is 6.63. The third kappa shape index (κ3) is 4.81. The number of carbonyl (C=O) groups excluding carboxylic acids is 1. The van der Waals surface area contributed by atoms with Crippen molar-refractivity contribution in [1.29, 1.82) is 0 Å². The van der Waals surface area contributed by atoms with Crippen molar-refractivity contribution in [2.45, 2.75) is 26.4 Å². The van der Waals surface area contributed by atoms with Crippen LogP contribution in [-0.2, 0) is 11.3 Å². The molecule has 0 fully saturated rings. The van der Waals surface area contributed by atoms with Crippen LogP contribution in [0.3, 0.4) is 0 Å². The first kappa shape index (κ1) is 17.5. The molecule has 1 amide bonds. The highest BCUT2D eigenvalue weighted by atomic mass is 35.5. The largest absolute Gasteiger partial charge is 0.380 e. The van der Waals surface area contributed by atoms with Gasteiger partial charge in [-0.25, -0.2) is 0 Å². The molecule has 0 atom stereocenters. The summed E-state index contributed by atoms with van der Waals surface area (Å²) in [5.74, 6) is -0.0431. The van der Waals surface area contributed by atoms with E-state index in [-0.39, 0.29) is 5.91 Å². The molecule has 0 saturated heterocycles. The molecule has 0 saturated carbocycles. The molecular formula is C19H22ClNO2. The Balaban J connectivity index is 2.27. The first-order chi connectivity index (χ1) is 11.2. The van der Waals surface area contributed by atoms with Gasteiger partial charge in [0.15, 0.2) is 0 Å². The molecule has 2 aromatic rings. The van der Waals surface area contributed by atoms with Gasteiger partial charge in [0.1, 0.15) is 0 Å². The molecule has 0 aliphatic rings. The van der Waals surface area contributed by atoms with Gasteiger partial charge in [-0.1, -0.05) is 43.1 Å². The third-order valence-corrected chi connectivity index (χ3v) is 3.89. The highest BCUT2D eigenvalue weighted by Crippen LogP contribution is 2.27. The highest BCUT2D eigenvalue weighted by molar-refractivity contribution is 6.30. The van der Waals surface area contributed by atoms with Crippen LogP contribution in [0.5, 0.6) is 0 Å². The summed E-state index contributed by atoms with van der Waals surface area (Å²) in [6.07, 6.45) is 2.05. The minimum Gasteiger partial charge on any atom is -0.380 e. The number of benzene rings is 2. The number of nitrogens with one attached hydrogen (secondary N) is 1. The average molecular weight is 332 g/mol. The van der Waals surface area contributed by atoms with Gasteiger partial charge in [0, 0.05) is 24.2 Å². The van der Waals surface area contributed by atoms with Crippen LogP contribution in [-0.4, -0.2) is 19.6 Å². The lowest BCUT2D eigenvalue weighted by Gasteiger charge is -2.12. The van der Waals surface area contributed by atoms with E-state index in [0.717, 1.165) is 29.5 Å². The van der Waals surface area contributed by atoms with Gasteiger partial charge < -0.3 is 10.1 Å². The van der Waals surface area contributed by atoms with Crippen LogP contribution in [0.4, 0.5) is 0 Å². The van der Waals surface area contributed by atoms with Crippen molar-refractivity contribution in [2.24, 2.45) is 0 Å². The number of methoxy groups -OCH3 is 1. The average Bonchev–Trinajstić information content (AvgIpc) is 2.56. The van der Waals surface area contributed by atoms with Gasteiger partial charge in [-0.3, -0.25) is 4.79 Å². The third-order valence-electron chi connectivity index (χ3n) is 3.64. The molecule has 2 aromatic carbocycles. The van der Waals surface area contributed by atoms with E-state index in [0.29, 0.717) is 23.7 Å². The van der Waals surface area contributed by atoms with Gasteiger partial charge in [-0.2, -0.15) is 0 Å². The zero-order valence-electron chi connectivity index (χ0n) is 13.6. The minimum atomic E-state index is -0.0431. The molecule has 23 heavy (non-hydrogen) atoms. The maximum Gasteiger partial charge on any atom is 0.251 e. The number of halogens is 1. The van der Waals surface area contributed by atoms with Crippen molar-refractivity contribution in [2.75, 3.05) is 13.7 Å². The lowest BCUT2D eigenvalue weighted by molar-refractivity contribution is 0.0953. The van der Waals surface area contributed by atoms with Crippen LogP contribution in [0, 0.1) is 0 Å². The van der Waals surface area contributed by atoms with E-state index >= 15 is 0 Å². The van der Waals surface area contributed by atoms with Crippen molar-refractivity contribution in [3.8, 4) is 11.1 Å². The normalized spacial score (nSPS) is 10.6. The SMILES string of the molecule is CCCCNC(=O)c1ccc(-c2ccc(Cl)cc2)c(COC)c1. The Morgan fingerprint density at radius 3 is 2.57 bits per heavy atom. The van der Waals surface area contributed by atoms with Gasteiger partial charge >= 0.3 is 0 Å². The number of hydrogen-bond acceptors (Lipinski definition) is 2. The number of amides is 1. The fourth-order valence-electron chi connectivity index (χ4n) is 2.40. The van der Waals surface area contributed by atoms with Crippen LogP contribution >= 0.6 is 11.6 Å². The van der Waals surface area contributed by atoms with Crippen molar-refractivity contribution in [3.05, 3.63) is 58.6 Å². The standard InChI is InChI=1S/C19H22ClNO2/c1-3-4-11-21-19(22)15-7-10-18(16(12-15)13-23-2)14-5-8-17(20)9-6-14/h5-10,12H,3-4,11,13H2,1-2H3,(H,21,22). The fourth-order valence-corrected chi connectivity index (χ4v) is 2.53. The predicted molar refractivity (Wildman–Crippen MR) is 94.8 cm³/mol. The molecule has 0 bridgehead atoms. The molecule has 2 rings (SSSR count). The predicted octanol–water partition coefficient (Wildman–Crippen LogP) is 4.68. The summed E-state index contributed by atoms with van der Waals surface area (Å²) in [4.78, 5) is 12.2. The monoisotopic (exact) mass is 331 g/mol. The topological polar surface area (TPSA) is 38.3 Å². The van der Waals surface area contributed by atoms with Crippen LogP contribution in [0.15, 0.2) is 42.5 Å². The second kappa shape index (κ2) is 8.70. The quantitative estimate of drug-likeness (QED) is 0.748. The molecule has 0 spiro atoms. The first-order valence-corrected chi connectivity index (χ1v) is 8.19. The van der Waals surface area contributed by atoms with E-state index in [4.69, 9.17) is 16.3 Å². The molecule has 1 N–H and O–H groups in total. The van der Waals surface area contributed by atoms with E-state index in [1.165, 1.54) is 0 Å². The van der Waals surface area contributed by atoms with Crippen molar-refractivity contribution in [1.82, 2.24) is 5.32 Å². The maximum atomic E-state index is 12.2. The molecule has 122 valence electrons. The Morgan fingerprint density at radius 2 is 1.91 bits per heavy atom. The van der Waals surface area contributed by atoms with E-state index in [2.05, 4.69) is 12.2 Å². The van der Waals surface area contributed by atoms with Gasteiger partial charge in [0.25, 0.3) is 5.91 Å². The summed E-state index contributed by atoms with van der Waals surface area (Å²) in [7, 11) is 1.65. The molecule has 0 heterocycles. The van der Waals surface area contributed by atoms with Gasteiger partial charge in [-0.15, -0.1) is 0 Å². The lowest BCUT2D eigenvalue weighted by Crippen LogP contribution is -2.24. The van der Waals surface area contributed by atoms with Crippen LogP contribution in [0.25, 0.3) is 11.1 Å². The number of hydrogen-bond donors (Lipinski definition) is 1. The van der Waals surface area contributed by atoms with Gasteiger partial charge in [0.2, 0.25) is 0 Å². The first-order valence-electron chi connectivity index (χ1n) is 7.81. The molecule has 0 unspecified atom stereocenters.